The molecule has 0 bridgehead atoms. The largest absolute Gasteiger partial charge is 0.342 e. The maximum absolute atomic E-state index is 12.1. The lowest BCUT2D eigenvalue weighted by molar-refractivity contribution is -0.130. The molecular formula is C15H18N2O2. The number of hydrogen-bond acceptors (Lipinski definition) is 2. The van der Waals surface area contributed by atoms with Gasteiger partial charge >= 0.3 is 0 Å². The average Bonchev–Trinajstić information content (AvgIpc) is 3.00. The Kier molecular flexibility index (Phi) is 3.01. The van der Waals surface area contributed by atoms with E-state index in [2.05, 4.69) is 5.32 Å². The molecule has 4 heteroatoms. The highest BCUT2D eigenvalue weighted by Gasteiger charge is 2.40. The molecule has 0 aliphatic carbocycles. The highest BCUT2D eigenvalue weighted by Crippen LogP contribution is 2.40. The molecule has 1 aromatic carbocycles. The van der Waals surface area contributed by atoms with Crippen LogP contribution in [0.15, 0.2) is 24.3 Å². The van der Waals surface area contributed by atoms with Gasteiger partial charge in [0.1, 0.15) is 0 Å². The summed E-state index contributed by atoms with van der Waals surface area (Å²) in [6.45, 7) is 3.37. The molecule has 2 amide bonds. The van der Waals surface area contributed by atoms with E-state index < -0.39 is 0 Å². The van der Waals surface area contributed by atoms with E-state index >= 15 is 0 Å². The second-order valence-electron chi connectivity index (χ2n) is 5.30. The van der Waals surface area contributed by atoms with Gasteiger partial charge in [0.25, 0.3) is 0 Å². The molecule has 3 rings (SSSR count). The molecule has 1 fully saturated rings. The molecular weight excluding hydrogens is 240 g/mol. The summed E-state index contributed by atoms with van der Waals surface area (Å²) < 4.78 is 0. The van der Waals surface area contributed by atoms with Gasteiger partial charge in [0.2, 0.25) is 11.8 Å². The number of rotatable bonds is 2. The maximum Gasteiger partial charge on any atom is 0.232 e. The first kappa shape index (κ1) is 12.2. The molecule has 0 radical (unpaired) electrons. The van der Waals surface area contributed by atoms with Gasteiger partial charge in [-0.2, -0.15) is 0 Å². The van der Waals surface area contributed by atoms with Crippen LogP contribution in [0, 0.1) is 5.92 Å². The summed E-state index contributed by atoms with van der Waals surface area (Å²) in [6.07, 6.45) is 1.46. The molecule has 0 unspecified atom stereocenters. The second kappa shape index (κ2) is 4.68. The van der Waals surface area contributed by atoms with E-state index in [1.807, 2.05) is 36.1 Å². The molecule has 2 atom stereocenters. The highest BCUT2D eigenvalue weighted by atomic mass is 16.2. The van der Waals surface area contributed by atoms with Crippen molar-refractivity contribution in [1.82, 2.24) is 4.90 Å². The SMILES string of the molecule is CCC(=O)N1CC[C@H]([C@H]2C(=O)Nc3ccccc32)C1. The van der Waals surface area contributed by atoms with Crippen LogP contribution < -0.4 is 5.32 Å². The van der Waals surface area contributed by atoms with Gasteiger partial charge in [-0.15, -0.1) is 0 Å². The minimum absolute atomic E-state index is 0.0806. The van der Waals surface area contributed by atoms with E-state index in [1.54, 1.807) is 0 Å². The smallest absolute Gasteiger partial charge is 0.232 e. The van der Waals surface area contributed by atoms with E-state index in [4.69, 9.17) is 0 Å². The van der Waals surface area contributed by atoms with Crippen LogP contribution in [0.3, 0.4) is 0 Å². The van der Waals surface area contributed by atoms with Crippen LogP contribution in [-0.2, 0) is 9.59 Å². The Morgan fingerprint density at radius 1 is 1.42 bits per heavy atom. The third kappa shape index (κ3) is 2.01. The number of nitrogens with one attached hydrogen (secondary N) is 1. The van der Waals surface area contributed by atoms with Crippen molar-refractivity contribution >= 4 is 17.5 Å². The molecule has 100 valence electrons. The van der Waals surface area contributed by atoms with Crippen LogP contribution in [0.1, 0.15) is 31.2 Å². The molecule has 1 N–H and O–H groups in total. The fourth-order valence-electron chi connectivity index (χ4n) is 3.21. The fraction of sp³-hybridized carbons (Fsp3) is 0.467. The van der Waals surface area contributed by atoms with Crippen molar-refractivity contribution < 1.29 is 9.59 Å². The van der Waals surface area contributed by atoms with Gasteiger partial charge in [0.05, 0.1) is 5.92 Å². The fourth-order valence-corrected chi connectivity index (χ4v) is 3.21. The van der Waals surface area contributed by atoms with Crippen molar-refractivity contribution in [2.24, 2.45) is 5.92 Å². The lowest BCUT2D eigenvalue weighted by atomic mass is 9.86. The van der Waals surface area contributed by atoms with E-state index in [9.17, 15) is 9.59 Å². The molecule has 0 saturated carbocycles. The zero-order chi connectivity index (χ0) is 13.4. The Morgan fingerprint density at radius 3 is 3.00 bits per heavy atom. The highest BCUT2D eigenvalue weighted by molar-refractivity contribution is 6.03. The van der Waals surface area contributed by atoms with Crippen molar-refractivity contribution in [2.75, 3.05) is 18.4 Å². The number of hydrogen-bond donors (Lipinski definition) is 1. The lowest BCUT2D eigenvalue weighted by Gasteiger charge is -2.18. The molecule has 19 heavy (non-hydrogen) atoms. The Hall–Kier alpha value is -1.84. The first-order valence-electron chi connectivity index (χ1n) is 6.88. The number of carbonyl (C=O) groups excluding carboxylic acids is 2. The van der Waals surface area contributed by atoms with Gasteiger partial charge in [0.15, 0.2) is 0 Å². The molecule has 4 nitrogen and oxygen atoms in total. The summed E-state index contributed by atoms with van der Waals surface area (Å²) in [5, 5.41) is 2.94. The predicted molar refractivity (Wildman–Crippen MR) is 72.8 cm³/mol. The normalized spacial score (nSPS) is 25.3. The Bertz CT molecular complexity index is 527. The molecule has 2 heterocycles. The number of benzene rings is 1. The Balaban J connectivity index is 1.81. The molecule has 0 spiro atoms. The van der Waals surface area contributed by atoms with Gasteiger partial charge in [-0.25, -0.2) is 0 Å². The van der Waals surface area contributed by atoms with Crippen molar-refractivity contribution in [1.29, 1.82) is 0 Å². The Morgan fingerprint density at radius 2 is 2.21 bits per heavy atom. The Labute approximate surface area is 112 Å². The maximum atomic E-state index is 12.1. The van der Waals surface area contributed by atoms with Crippen LogP contribution in [0.5, 0.6) is 0 Å². The van der Waals surface area contributed by atoms with Crippen molar-refractivity contribution in [3.05, 3.63) is 29.8 Å². The van der Waals surface area contributed by atoms with Gasteiger partial charge in [-0.05, 0) is 24.0 Å². The monoisotopic (exact) mass is 258 g/mol. The number of carbonyl (C=O) groups is 2. The van der Waals surface area contributed by atoms with Crippen LogP contribution in [-0.4, -0.2) is 29.8 Å². The molecule has 0 aromatic heterocycles. The van der Waals surface area contributed by atoms with Gasteiger partial charge in [-0.3, -0.25) is 9.59 Å². The van der Waals surface area contributed by atoms with E-state index in [0.29, 0.717) is 13.0 Å². The first-order valence-corrected chi connectivity index (χ1v) is 6.88. The zero-order valence-electron chi connectivity index (χ0n) is 11.1. The third-order valence-electron chi connectivity index (χ3n) is 4.19. The summed E-state index contributed by atoms with van der Waals surface area (Å²) >= 11 is 0. The first-order chi connectivity index (χ1) is 9.20. The van der Waals surface area contributed by atoms with Gasteiger partial charge < -0.3 is 10.2 Å². The number of fused-ring (bicyclic) bond motifs is 1. The van der Waals surface area contributed by atoms with Crippen molar-refractivity contribution in [3.63, 3.8) is 0 Å². The van der Waals surface area contributed by atoms with E-state index in [1.165, 1.54) is 0 Å². The number of para-hydroxylation sites is 1. The molecule has 2 aliphatic rings. The van der Waals surface area contributed by atoms with Crippen LogP contribution in [0.2, 0.25) is 0 Å². The number of nitrogens with zero attached hydrogens (tertiary/aromatic N) is 1. The standard InChI is InChI=1S/C15H18N2O2/c1-2-13(18)17-8-7-10(9-17)14-11-5-3-4-6-12(11)16-15(14)19/h3-6,10,14H,2,7-9H2,1H3,(H,16,19)/t10-,14+/m0/s1. The van der Waals surface area contributed by atoms with Crippen LogP contribution >= 0.6 is 0 Å². The van der Waals surface area contributed by atoms with Crippen molar-refractivity contribution in [3.8, 4) is 0 Å². The van der Waals surface area contributed by atoms with Crippen LogP contribution in [0.25, 0.3) is 0 Å². The summed E-state index contributed by atoms with van der Waals surface area (Å²) in [5.41, 5.74) is 2.01. The third-order valence-corrected chi connectivity index (χ3v) is 4.19. The van der Waals surface area contributed by atoms with E-state index in [0.717, 1.165) is 24.2 Å². The minimum atomic E-state index is -0.0918. The minimum Gasteiger partial charge on any atom is -0.342 e. The number of likely N-dealkylation sites (tertiary alicyclic amines) is 1. The quantitative estimate of drug-likeness (QED) is 0.881. The topological polar surface area (TPSA) is 49.4 Å². The number of amides is 2. The molecule has 2 aliphatic heterocycles. The predicted octanol–water partition coefficient (Wildman–Crippen LogP) is 1.98. The van der Waals surface area contributed by atoms with Gasteiger partial charge in [-0.1, -0.05) is 25.1 Å². The summed E-state index contributed by atoms with van der Waals surface area (Å²) in [6, 6.07) is 7.86. The van der Waals surface area contributed by atoms with Crippen LogP contribution in [0.4, 0.5) is 5.69 Å². The average molecular weight is 258 g/mol. The summed E-state index contributed by atoms with van der Waals surface area (Å²) in [5.74, 6) is 0.427. The van der Waals surface area contributed by atoms with Crippen molar-refractivity contribution in [2.45, 2.75) is 25.7 Å². The van der Waals surface area contributed by atoms with Gasteiger partial charge in [0, 0.05) is 25.2 Å². The lowest BCUT2D eigenvalue weighted by Crippen LogP contribution is -2.30. The summed E-state index contributed by atoms with van der Waals surface area (Å²) in [4.78, 5) is 25.8. The second-order valence-corrected chi connectivity index (χ2v) is 5.30. The molecule has 1 saturated heterocycles. The van der Waals surface area contributed by atoms with E-state index in [-0.39, 0.29) is 23.7 Å². The molecule has 1 aromatic rings. The summed E-state index contributed by atoms with van der Waals surface area (Å²) in [7, 11) is 0. The zero-order valence-corrected chi connectivity index (χ0v) is 11.1. The number of anilines is 1.